The van der Waals surface area contributed by atoms with Gasteiger partial charge in [0.25, 0.3) is 5.91 Å². The lowest BCUT2D eigenvalue weighted by Gasteiger charge is -2.22. The fraction of sp³-hybridized carbons (Fsp3) is 0.400. The molecule has 0 saturated heterocycles. The molecule has 0 aliphatic rings. The number of fused-ring (bicyclic) bond motifs is 1. The van der Waals surface area contributed by atoms with Gasteiger partial charge in [0.1, 0.15) is 0 Å². The Morgan fingerprint density at radius 1 is 1.27 bits per heavy atom. The summed E-state index contributed by atoms with van der Waals surface area (Å²) >= 11 is 1.57. The minimum absolute atomic E-state index is 0.0557. The zero-order valence-corrected chi connectivity index (χ0v) is 16.4. The summed E-state index contributed by atoms with van der Waals surface area (Å²) < 4.78 is 3.10. The molecule has 2 N–H and O–H groups in total. The molecule has 6 heteroatoms. The smallest absolute Gasteiger partial charge is 0.251 e. The van der Waals surface area contributed by atoms with Crippen LogP contribution in [0.4, 0.5) is 0 Å². The van der Waals surface area contributed by atoms with Crippen LogP contribution in [0.5, 0.6) is 0 Å². The average molecular weight is 372 g/mol. The molecular weight excluding hydrogens is 346 g/mol. The van der Waals surface area contributed by atoms with Crippen LogP contribution in [-0.4, -0.2) is 33.2 Å². The predicted octanol–water partition coefficient (Wildman–Crippen LogP) is 3.84. The van der Waals surface area contributed by atoms with E-state index in [-0.39, 0.29) is 24.5 Å². The summed E-state index contributed by atoms with van der Waals surface area (Å²) in [5, 5.41) is 13.4. The van der Waals surface area contributed by atoms with Crippen molar-refractivity contribution in [1.29, 1.82) is 0 Å². The highest BCUT2D eigenvalue weighted by molar-refractivity contribution is 7.20. The van der Waals surface area contributed by atoms with Crippen molar-refractivity contribution in [2.75, 3.05) is 6.61 Å². The molecule has 0 fully saturated rings. The van der Waals surface area contributed by atoms with Gasteiger partial charge in [-0.25, -0.2) is 4.98 Å². The van der Waals surface area contributed by atoms with E-state index < -0.39 is 0 Å². The first-order valence-electron chi connectivity index (χ1n) is 8.92. The van der Waals surface area contributed by atoms with Crippen LogP contribution in [0.1, 0.15) is 42.0 Å². The van der Waals surface area contributed by atoms with Crippen molar-refractivity contribution in [3.63, 3.8) is 0 Å². The maximum absolute atomic E-state index is 12.6. The zero-order chi connectivity index (χ0) is 18.8. The molecule has 0 bridgehead atoms. The van der Waals surface area contributed by atoms with E-state index in [1.54, 1.807) is 17.4 Å². The quantitative estimate of drug-likeness (QED) is 0.692. The van der Waals surface area contributed by atoms with Gasteiger partial charge in [-0.3, -0.25) is 9.36 Å². The van der Waals surface area contributed by atoms with Crippen LogP contribution in [0.15, 0.2) is 30.3 Å². The van der Waals surface area contributed by atoms with Crippen LogP contribution in [-0.2, 0) is 0 Å². The molecule has 2 atom stereocenters. The number of benzene rings is 1. The Balaban J connectivity index is 1.89. The van der Waals surface area contributed by atoms with Crippen molar-refractivity contribution in [2.24, 2.45) is 5.92 Å². The summed E-state index contributed by atoms with van der Waals surface area (Å²) in [5.74, 6) is 0.0666. The first-order chi connectivity index (χ1) is 12.4. The zero-order valence-electron chi connectivity index (χ0n) is 15.6. The summed E-state index contributed by atoms with van der Waals surface area (Å²) in [7, 11) is 0. The van der Waals surface area contributed by atoms with E-state index >= 15 is 0 Å². The average Bonchev–Trinajstić information content (AvgIpc) is 3.20. The van der Waals surface area contributed by atoms with E-state index in [1.165, 1.54) is 0 Å². The lowest BCUT2D eigenvalue weighted by atomic mass is 9.99. The lowest BCUT2D eigenvalue weighted by molar-refractivity contribution is 0.0891. The number of thiazole rings is 1. The summed E-state index contributed by atoms with van der Waals surface area (Å²) in [5.41, 5.74) is 3.75. The molecule has 3 rings (SSSR count). The second kappa shape index (κ2) is 7.60. The molecular formula is C20H25N3O2S. The second-order valence-corrected chi connectivity index (χ2v) is 7.79. The molecule has 0 aliphatic carbocycles. The van der Waals surface area contributed by atoms with Crippen LogP contribution < -0.4 is 5.32 Å². The molecule has 2 unspecified atom stereocenters. The Morgan fingerprint density at radius 3 is 2.58 bits per heavy atom. The standard InChI is InChI=1S/C20H25N3O2S/c1-5-12(2)17(11-24)21-19(25)15-8-9-16-18(10-15)26-20(22-16)23-13(3)6-7-14(23)4/h6-10,12,17,24H,5,11H2,1-4H3,(H,21,25). The number of rotatable bonds is 6. The number of aliphatic hydroxyl groups is 1. The van der Waals surface area contributed by atoms with Gasteiger partial charge in [-0.05, 0) is 50.1 Å². The van der Waals surface area contributed by atoms with Gasteiger partial charge >= 0.3 is 0 Å². The van der Waals surface area contributed by atoms with Crippen LogP contribution in [0, 0.1) is 19.8 Å². The van der Waals surface area contributed by atoms with Gasteiger partial charge in [-0.2, -0.15) is 0 Å². The van der Waals surface area contributed by atoms with E-state index in [4.69, 9.17) is 4.98 Å². The topological polar surface area (TPSA) is 67.2 Å². The van der Waals surface area contributed by atoms with Crippen LogP contribution in [0.3, 0.4) is 0 Å². The molecule has 26 heavy (non-hydrogen) atoms. The van der Waals surface area contributed by atoms with Crippen LogP contribution in [0.2, 0.25) is 0 Å². The van der Waals surface area contributed by atoms with Crippen molar-refractivity contribution in [1.82, 2.24) is 14.9 Å². The SMILES string of the molecule is CCC(C)C(CO)NC(=O)c1ccc2nc(-n3c(C)ccc3C)sc2c1. The van der Waals surface area contributed by atoms with E-state index in [1.807, 2.05) is 19.1 Å². The fourth-order valence-corrected chi connectivity index (χ4v) is 4.15. The highest BCUT2D eigenvalue weighted by atomic mass is 32.1. The van der Waals surface area contributed by atoms with Crippen molar-refractivity contribution >= 4 is 27.5 Å². The number of amides is 1. The Labute approximate surface area is 157 Å². The normalized spacial score (nSPS) is 13.7. The molecule has 0 spiro atoms. The largest absolute Gasteiger partial charge is 0.394 e. The van der Waals surface area contributed by atoms with E-state index in [2.05, 4.69) is 42.8 Å². The third kappa shape index (κ3) is 3.52. The van der Waals surface area contributed by atoms with Crippen molar-refractivity contribution in [2.45, 2.75) is 40.2 Å². The molecule has 0 aliphatic heterocycles. The molecule has 0 radical (unpaired) electrons. The monoisotopic (exact) mass is 371 g/mol. The van der Waals surface area contributed by atoms with Gasteiger partial charge in [0.2, 0.25) is 0 Å². The molecule has 3 aromatic rings. The summed E-state index contributed by atoms with van der Waals surface area (Å²) in [6.07, 6.45) is 0.901. The third-order valence-electron chi connectivity index (χ3n) is 4.95. The number of aryl methyl sites for hydroxylation is 2. The van der Waals surface area contributed by atoms with Crippen molar-refractivity contribution < 1.29 is 9.90 Å². The number of hydrogen-bond acceptors (Lipinski definition) is 4. The Bertz CT molecular complexity index is 909. The van der Waals surface area contributed by atoms with Gasteiger partial charge in [0, 0.05) is 17.0 Å². The number of nitrogens with zero attached hydrogens (tertiary/aromatic N) is 2. The first-order valence-corrected chi connectivity index (χ1v) is 9.73. The van der Waals surface area contributed by atoms with E-state index in [9.17, 15) is 9.90 Å². The number of carbonyl (C=O) groups excluding carboxylic acids is 1. The molecule has 2 heterocycles. The predicted molar refractivity (Wildman–Crippen MR) is 106 cm³/mol. The lowest BCUT2D eigenvalue weighted by Crippen LogP contribution is -2.41. The Hall–Kier alpha value is -2.18. The Kier molecular flexibility index (Phi) is 5.44. The highest BCUT2D eigenvalue weighted by Crippen LogP contribution is 2.28. The van der Waals surface area contributed by atoms with E-state index in [0.29, 0.717) is 5.56 Å². The second-order valence-electron chi connectivity index (χ2n) is 6.78. The molecule has 1 aromatic carbocycles. The number of nitrogens with one attached hydrogen (secondary N) is 1. The first kappa shape index (κ1) is 18.6. The third-order valence-corrected chi connectivity index (χ3v) is 5.95. The molecule has 138 valence electrons. The maximum atomic E-state index is 12.6. The van der Waals surface area contributed by atoms with Gasteiger partial charge in [0.05, 0.1) is 22.9 Å². The van der Waals surface area contributed by atoms with Crippen LogP contribution >= 0.6 is 11.3 Å². The number of aliphatic hydroxyl groups excluding tert-OH is 1. The van der Waals surface area contributed by atoms with Gasteiger partial charge in [0.15, 0.2) is 5.13 Å². The maximum Gasteiger partial charge on any atom is 0.251 e. The molecule has 0 saturated carbocycles. The number of hydrogen-bond donors (Lipinski definition) is 2. The number of aromatic nitrogens is 2. The van der Waals surface area contributed by atoms with Gasteiger partial charge < -0.3 is 10.4 Å². The minimum atomic E-state index is -0.231. The summed E-state index contributed by atoms with van der Waals surface area (Å²) in [6.45, 7) is 8.14. The summed E-state index contributed by atoms with van der Waals surface area (Å²) in [4.78, 5) is 17.3. The number of carbonyl (C=O) groups is 1. The minimum Gasteiger partial charge on any atom is -0.394 e. The van der Waals surface area contributed by atoms with Crippen molar-refractivity contribution in [3.05, 3.63) is 47.3 Å². The Morgan fingerprint density at radius 2 is 1.96 bits per heavy atom. The molecule has 5 nitrogen and oxygen atoms in total. The van der Waals surface area contributed by atoms with E-state index in [0.717, 1.165) is 33.2 Å². The van der Waals surface area contributed by atoms with Gasteiger partial charge in [-0.1, -0.05) is 31.6 Å². The van der Waals surface area contributed by atoms with Crippen LogP contribution in [0.25, 0.3) is 15.3 Å². The molecule has 1 amide bonds. The van der Waals surface area contributed by atoms with Gasteiger partial charge in [-0.15, -0.1) is 0 Å². The highest BCUT2D eigenvalue weighted by Gasteiger charge is 2.19. The molecule has 2 aromatic heterocycles. The fourth-order valence-electron chi connectivity index (χ4n) is 3.02. The summed E-state index contributed by atoms with van der Waals surface area (Å²) in [6, 6.07) is 9.47. The van der Waals surface area contributed by atoms with Crippen molar-refractivity contribution in [3.8, 4) is 5.13 Å².